The second-order valence-corrected chi connectivity index (χ2v) is 10.0. The number of alkyl halides is 1. The summed E-state index contributed by atoms with van der Waals surface area (Å²) in [7, 11) is 0. The summed E-state index contributed by atoms with van der Waals surface area (Å²) in [6.07, 6.45) is 0. The molecule has 7 nitrogen and oxygen atoms in total. The Morgan fingerprint density at radius 1 is 0.872 bits per heavy atom. The predicted molar refractivity (Wildman–Crippen MR) is 161 cm³/mol. The van der Waals surface area contributed by atoms with E-state index in [4.69, 9.17) is 37.4 Å². The molecule has 2 saturated heterocycles. The van der Waals surface area contributed by atoms with Gasteiger partial charge < -0.3 is 18.8 Å². The van der Waals surface area contributed by atoms with Gasteiger partial charge in [-0.05, 0) is 24.6 Å². The molecule has 10 heteroatoms. The summed E-state index contributed by atoms with van der Waals surface area (Å²) in [6.45, 7) is 11.8. The topological polar surface area (TPSA) is 56.2 Å². The van der Waals surface area contributed by atoms with Crippen LogP contribution < -0.4 is 0 Å². The molecular formula is C29H38Cl3N3O4. The molecule has 3 heterocycles. The highest BCUT2D eigenvalue weighted by atomic mass is 35.5. The van der Waals surface area contributed by atoms with Crippen LogP contribution in [-0.2, 0) is 20.8 Å². The van der Waals surface area contributed by atoms with Crippen molar-refractivity contribution in [1.29, 1.82) is 0 Å². The van der Waals surface area contributed by atoms with Crippen molar-refractivity contribution in [2.45, 2.75) is 13.5 Å². The van der Waals surface area contributed by atoms with Gasteiger partial charge in [-0.2, -0.15) is 0 Å². The highest BCUT2D eigenvalue weighted by Gasteiger charge is 2.25. The van der Waals surface area contributed by atoms with Crippen LogP contribution in [-0.4, -0.2) is 98.5 Å². The lowest BCUT2D eigenvalue weighted by molar-refractivity contribution is 0.0358. The third-order valence-electron chi connectivity index (χ3n) is 6.80. The van der Waals surface area contributed by atoms with Crippen molar-refractivity contribution in [1.82, 2.24) is 14.4 Å². The van der Waals surface area contributed by atoms with Gasteiger partial charge in [0.2, 0.25) is 0 Å². The van der Waals surface area contributed by atoms with Gasteiger partial charge in [-0.3, -0.25) is 9.80 Å². The molecule has 0 aliphatic carbocycles. The molecule has 2 aliphatic heterocycles. The number of morpholine rings is 2. The number of rotatable bonds is 8. The molecule has 0 spiro atoms. The number of halogens is 3. The number of benzene rings is 2. The van der Waals surface area contributed by atoms with Gasteiger partial charge in [0, 0.05) is 67.5 Å². The molecule has 5 rings (SSSR count). The normalized spacial score (nSPS) is 16.3. The van der Waals surface area contributed by atoms with E-state index < -0.39 is 0 Å². The van der Waals surface area contributed by atoms with Gasteiger partial charge in [-0.1, -0.05) is 48.0 Å². The van der Waals surface area contributed by atoms with Crippen LogP contribution in [0, 0.1) is 0 Å². The van der Waals surface area contributed by atoms with Crippen LogP contribution in [0.15, 0.2) is 48.5 Å². The SMILES string of the molecule is CCOC(=O)c1c2ccc(Cl)cc2c(-c2ccccc2)n1CCN1CCOCC1.Cl.ClCCN1CCOCC1. The lowest BCUT2D eigenvalue weighted by atomic mass is 10.1. The maximum atomic E-state index is 13.0. The zero-order chi connectivity index (χ0) is 26.7. The van der Waals surface area contributed by atoms with Crippen molar-refractivity contribution in [3.63, 3.8) is 0 Å². The van der Waals surface area contributed by atoms with E-state index in [1.54, 1.807) is 0 Å². The van der Waals surface area contributed by atoms with Crippen molar-refractivity contribution in [2.75, 3.05) is 78.2 Å². The molecule has 2 aromatic carbocycles. The first kappa shape index (κ1) is 31.7. The minimum absolute atomic E-state index is 0. The molecule has 2 aliphatic rings. The quantitative estimate of drug-likeness (QED) is 0.254. The highest BCUT2D eigenvalue weighted by molar-refractivity contribution is 6.31. The Hall–Kier alpha value is -1.84. The molecule has 2 fully saturated rings. The van der Waals surface area contributed by atoms with Crippen LogP contribution in [0.4, 0.5) is 0 Å². The molecule has 0 unspecified atom stereocenters. The summed E-state index contributed by atoms with van der Waals surface area (Å²) < 4.78 is 18.1. The van der Waals surface area contributed by atoms with E-state index in [-0.39, 0.29) is 18.4 Å². The highest BCUT2D eigenvalue weighted by Crippen LogP contribution is 2.36. The van der Waals surface area contributed by atoms with Crippen LogP contribution in [0.25, 0.3) is 22.0 Å². The van der Waals surface area contributed by atoms with Crippen LogP contribution in [0.1, 0.15) is 17.4 Å². The van der Waals surface area contributed by atoms with Crippen LogP contribution in [0.2, 0.25) is 5.02 Å². The first-order chi connectivity index (χ1) is 18.6. The first-order valence-electron chi connectivity index (χ1n) is 13.3. The Morgan fingerprint density at radius 3 is 2.08 bits per heavy atom. The minimum Gasteiger partial charge on any atom is -0.461 e. The smallest absolute Gasteiger partial charge is 0.355 e. The maximum Gasteiger partial charge on any atom is 0.355 e. The molecular weight excluding hydrogens is 561 g/mol. The van der Waals surface area contributed by atoms with E-state index in [0.29, 0.717) is 23.9 Å². The minimum atomic E-state index is -0.302. The Morgan fingerprint density at radius 2 is 1.49 bits per heavy atom. The third-order valence-corrected chi connectivity index (χ3v) is 7.20. The van der Waals surface area contributed by atoms with Crippen LogP contribution >= 0.6 is 35.6 Å². The summed E-state index contributed by atoms with van der Waals surface area (Å²) >= 11 is 11.9. The Balaban J connectivity index is 0.000000359. The lowest BCUT2D eigenvalue weighted by Gasteiger charge is -2.27. The fourth-order valence-electron chi connectivity index (χ4n) is 4.88. The Kier molecular flexibility index (Phi) is 13.3. The molecule has 1 aromatic heterocycles. The average Bonchev–Trinajstić information content (AvgIpc) is 3.27. The number of nitrogens with zero attached hydrogens (tertiary/aromatic N) is 3. The monoisotopic (exact) mass is 597 g/mol. The van der Waals surface area contributed by atoms with E-state index in [2.05, 4.69) is 26.5 Å². The predicted octanol–water partition coefficient (Wildman–Crippen LogP) is 5.45. The zero-order valence-electron chi connectivity index (χ0n) is 22.5. The number of carbonyl (C=O) groups excluding carboxylic acids is 1. The van der Waals surface area contributed by atoms with Gasteiger partial charge in [0.05, 0.1) is 38.7 Å². The van der Waals surface area contributed by atoms with Gasteiger partial charge in [-0.15, -0.1) is 24.0 Å². The number of ether oxygens (including phenoxy) is 3. The summed E-state index contributed by atoms with van der Waals surface area (Å²) in [5.74, 6) is 0.434. The van der Waals surface area contributed by atoms with Crippen LogP contribution in [0.3, 0.4) is 0 Å². The third kappa shape index (κ3) is 8.57. The fraction of sp³-hybridized carbons (Fsp3) is 0.483. The second kappa shape index (κ2) is 16.4. The summed E-state index contributed by atoms with van der Waals surface area (Å²) in [5.41, 5.74) is 2.64. The van der Waals surface area contributed by atoms with E-state index in [1.807, 2.05) is 43.3 Å². The fourth-order valence-corrected chi connectivity index (χ4v) is 5.29. The summed E-state index contributed by atoms with van der Waals surface area (Å²) in [6, 6.07) is 15.8. The number of aromatic nitrogens is 1. The number of esters is 1. The van der Waals surface area contributed by atoms with Crippen molar-refractivity contribution in [3.05, 3.63) is 59.2 Å². The van der Waals surface area contributed by atoms with E-state index in [9.17, 15) is 4.79 Å². The number of fused-ring (bicyclic) bond motifs is 1. The van der Waals surface area contributed by atoms with Gasteiger partial charge in [0.1, 0.15) is 5.69 Å². The number of hydrogen-bond acceptors (Lipinski definition) is 6. The largest absolute Gasteiger partial charge is 0.461 e. The maximum absolute atomic E-state index is 13.0. The van der Waals surface area contributed by atoms with Gasteiger partial charge >= 0.3 is 5.97 Å². The molecule has 0 N–H and O–H groups in total. The van der Waals surface area contributed by atoms with Crippen molar-refractivity contribution in [3.8, 4) is 11.3 Å². The summed E-state index contributed by atoms with van der Waals surface area (Å²) in [5, 5.41) is 2.48. The molecule has 0 atom stereocenters. The number of carbonyl (C=O) groups is 1. The standard InChI is InChI=1S/C23H25ClN2O3.C6H12ClNO.ClH/c1-2-29-23(27)22-19-9-8-18(24)16-20(19)21(17-6-4-3-5-7-17)26(22)11-10-25-12-14-28-15-13-25;7-1-2-8-3-5-9-6-4-8;/h3-9,16H,2,10-15H2,1H3;1-6H2;1H. The van der Waals surface area contributed by atoms with E-state index >= 15 is 0 Å². The van der Waals surface area contributed by atoms with Crippen molar-refractivity contribution < 1.29 is 19.0 Å². The Bertz CT molecular complexity index is 1160. The van der Waals surface area contributed by atoms with Gasteiger partial charge in [0.15, 0.2) is 0 Å². The van der Waals surface area contributed by atoms with E-state index in [0.717, 1.165) is 93.6 Å². The van der Waals surface area contributed by atoms with Crippen molar-refractivity contribution >= 4 is 52.4 Å². The van der Waals surface area contributed by atoms with E-state index in [1.165, 1.54) is 0 Å². The summed E-state index contributed by atoms with van der Waals surface area (Å²) in [4.78, 5) is 17.6. The molecule has 0 bridgehead atoms. The molecule has 0 radical (unpaired) electrons. The van der Waals surface area contributed by atoms with Crippen molar-refractivity contribution in [2.24, 2.45) is 0 Å². The van der Waals surface area contributed by atoms with Gasteiger partial charge in [0.25, 0.3) is 0 Å². The molecule has 3 aromatic rings. The first-order valence-corrected chi connectivity index (χ1v) is 14.2. The molecule has 214 valence electrons. The lowest BCUT2D eigenvalue weighted by Crippen LogP contribution is -2.38. The Labute approximate surface area is 247 Å². The zero-order valence-corrected chi connectivity index (χ0v) is 24.8. The van der Waals surface area contributed by atoms with Crippen LogP contribution in [0.5, 0.6) is 0 Å². The average molecular weight is 599 g/mol. The number of hydrogen-bond donors (Lipinski definition) is 0. The molecule has 0 amide bonds. The van der Waals surface area contributed by atoms with Gasteiger partial charge in [-0.25, -0.2) is 4.79 Å². The second-order valence-electron chi connectivity index (χ2n) is 9.22. The molecule has 0 saturated carbocycles. The molecule has 39 heavy (non-hydrogen) atoms.